The number of amides is 1. The fourth-order valence-electron chi connectivity index (χ4n) is 2.68. The molecule has 0 saturated heterocycles. The zero-order valence-electron chi connectivity index (χ0n) is 15.2. The van der Waals surface area contributed by atoms with E-state index in [2.05, 4.69) is 46.1 Å². The van der Waals surface area contributed by atoms with E-state index in [0.29, 0.717) is 11.0 Å². The van der Waals surface area contributed by atoms with Gasteiger partial charge in [-0.25, -0.2) is 4.98 Å². The Morgan fingerprint density at radius 1 is 1.27 bits per heavy atom. The molecule has 0 bridgehead atoms. The molecule has 0 atom stereocenters. The second-order valence-electron chi connectivity index (χ2n) is 6.57. The summed E-state index contributed by atoms with van der Waals surface area (Å²) >= 11 is 5.02. The highest BCUT2D eigenvalue weighted by molar-refractivity contribution is 9.10. The molecule has 1 amide bonds. The molecule has 4 nitrogen and oxygen atoms in total. The van der Waals surface area contributed by atoms with Crippen molar-refractivity contribution in [3.8, 4) is 5.75 Å². The van der Waals surface area contributed by atoms with Gasteiger partial charge >= 0.3 is 0 Å². The Labute approximate surface area is 165 Å². The van der Waals surface area contributed by atoms with Crippen LogP contribution in [0.5, 0.6) is 5.75 Å². The lowest BCUT2D eigenvalue weighted by Gasteiger charge is -2.15. The highest BCUT2D eigenvalue weighted by Crippen LogP contribution is 2.32. The van der Waals surface area contributed by atoms with E-state index in [4.69, 9.17) is 4.74 Å². The van der Waals surface area contributed by atoms with Crippen molar-refractivity contribution in [2.24, 2.45) is 0 Å². The Hall–Kier alpha value is -1.92. The molecule has 1 N–H and O–H groups in total. The summed E-state index contributed by atoms with van der Waals surface area (Å²) in [4.78, 5) is 16.8. The Kier molecular flexibility index (Phi) is 5.63. The van der Waals surface area contributed by atoms with Crippen LogP contribution in [0.4, 0.5) is 5.13 Å². The molecule has 26 heavy (non-hydrogen) atoms. The number of rotatable bonds is 5. The number of aromatic nitrogens is 1. The first-order chi connectivity index (χ1) is 12.3. The second kappa shape index (κ2) is 7.76. The summed E-state index contributed by atoms with van der Waals surface area (Å²) in [6, 6.07) is 10.0. The average molecular weight is 433 g/mol. The van der Waals surface area contributed by atoms with Gasteiger partial charge in [-0.05, 0) is 54.7 Å². The summed E-state index contributed by atoms with van der Waals surface area (Å²) < 4.78 is 7.92. The van der Waals surface area contributed by atoms with Gasteiger partial charge in [-0.1, -0.05) is 53.2 Å². The number of anilines is 1. The van der Waals surface area contributed by atoms with Gasteiger partial charge in [0.25, 0.3) is 5.91 Å². The molecule has 3 rings (SSSR count). The third-order valence-corrected chi connectivity index (χ3v) is 5.93. The summed E-state index contributed by atoms with van der Waals surface area (Å²) in [5.74, 6) is 0.838. The monoisotopic (exact) mass is 432 g/mol. The molecule has 1 heterocycles. The van der Waals surface area contributed by atoms with E-state index in [1.165, 1.54) is 11.3 Å². The highest BCUT2D eigenvalue weighted by atomic mass is 79.9. The van der Waals surface area contributed by atoms with Crippen molar-refractivity contribution in [2.75, 3.05) is 11.9 Å². The standard InChI is InChI=1S/C20H21BrN2O2S/c1-11(2)14-9-15(21)13(4)8-16(14)25-10-18(24)22-20-23-19-12(3)6-5-7-17(19)26-20/h5-9,11H,10H2,1-4H3,(H,22,23,24). The van der Waals surface area contributed by atoms with Gasteiger partial charge in [0.2, 0.25) is 0 Å². The van der Waals surface area contributed by atoms with Crippen LogP contribution in [0.2, 0.25) is 0 Å². The van der Waals surface area contributed by atoms with Gasteiger partial charge < -0.3 is 4.74 Å². The first kappa shape index (κ1) is 18.9. The number of halogens is 1. The maximum Gasteiger partial charge on any atom is 0.264 e. The first-order valence-corrected chi connectivity index (χ1v) is 10.0. The molecule has 1 aromatic heterocycles. The third-order valence-electron chi connectivity index (χ3n) is 4.14. The summed E-state index contributed by atoms with van der Waals surface area (Å²) in [5.41, 5.74) is 4.18. The number of aryl methyl sites for hydroxylation is 2. The fraction of sp³-hybridized carbons (Fsp3) is 0.300. The second-order valence-corrected chi connectivity index (χ2v) is 8.46. The van der Waals surface area contributed by atoms with E-state index in [0.717, 1.165) is 37.1 Å². The van der Waals surface area contributed by atoms with Crippen molar-refractivity contribution in [1.29, 1.82) is 0 Å². The van der Waals surface area contributed by atoms with E-state index in [1.807, 2.05) is 38.1 Å². The molecule has 0 spiro atoms. The van der Waals surface area contributed by atoms with E-state index in [9.17, 15) is 4.79 Å². The number of thiazole rings is 1. The van der Waals surface area contributed by atoms with Crippen LogP contribution in [-0.2, 0) is 4.79 Å². The van der Waals surface area contributed by atoms with Gasteiger partial charge in [-0.15, -0.1) is 0 Å². The topological polar surface area (TPSA) is 51.2 Å². The number of nitrogens with one attached hydrogen (secondary N) is 1. The fourth-order valence-corrected chi connectivity index (χ4v) is 4.01. The Balaban J connectivity index is 1.71. The van der Waals surface area contributed by atoms with Crippen LogP contribution in [0.25, 0.3) is 10.2 Å². The van der Waals surface area contributed by atoms with E-state index in [-0.39, 0.29) is 12.5 Å². The number of benzene rings is 2. The Morgan fingerprint density at radius 2 is 2.04 bits per heavy atom. The summed E-state index contributed by atoms with van der Waals surface area (Å²) in [7, 11) is 0. The summed E-state index contributed by atoms with van der Waals surface area (Å²) in [6.45, 7) is 8.18. The van der Waals surface area contributed by atoms with E-state index in [1.54, 1.807) is 0 Å². The number of nitrogens with zero attached hydrogens (tertiary/aromatic N) is 1. The van der Waals surface area contributed by atoms with Crippen molar-refractivity contribution in [2.45, 2.75) is 33.6 Å². The van der Waals surface area contributed by atoms with Crippen LogP contribution in [0, 0.1) is 13.8 Å². The molecule has 0 unspecified atom stereocenters. The summed E-state index contributed by atoms with van der Waals surface area (Å²) in [6.07, 6.45) is 0. The number of carbonyl (C=O) groups excluding carboxylic acids is 1. The number of hydrogen-bond acceptors (Lipinski definition) is 4. The number of fused-ring (bicyclic) bond motifs is 1. The normalized spacial score (nSPS) is 11.2. The van der Waals surface area contributed by atoms with Gasteiger partial charge in [0.15, 0.2) is 11.7 Å². The SMILES string of the molecule is Cc1cc(OCC(=O)Nc2nc3c(C)cccc3s2)c(C(C)C)cc1Br. The molecule has 0 aliphatic rings. The number of ether oxygens (including phenoxy) is 1. The van der Waals surface area contributed by atoms with Crippen LogP contribution >= 0.6 is 27.3 Å². The van der Waals surface area contributed by atoms with Crippen LogP contribution in [0.3, 0.4) is 0 Å². The number of carbonyl (C=O) groups is 1. The smallest absolute Gasteiger partial charge is 0.264 e. The maximum absolute atomic E-state index is 12.3. The maximum atomic E-state index is 12.3. The van der Waals surface area contributed by atoms with Crippen LogP contribution in [0.15, 0.2) is 34.8 Å². The lowest BCUT2D eigenvalue weighted by Crippen LogP contribution is -2.20. The third kappa shape index (κ3) is 4.07. The first-order valence-electron chi connectivity index (χ1n) is 8.44. The predicted molar refractivity (Wildman–Crippen MR) is 111 cm³/mol. The van der Waals surface area contributed by atoms with Gasteiger partial charge in [0.05, 0.1) is 10.2 Å². The van der Waals surface area contributed by atoms with Gasteiger partial charge in [-0.2, -0.15) is 0 Å². The van der Waals surface area contributed by atoms with Crippen molar-refractivity contribution >= 4 is 48.5 Å². The molecule has 0 aliphatic heterocycles. The van der Waals surface area contributed by atoms with E-state index < -0.39 is 0 Å². The molecule has 0 radical (unpaired) electrons. The molecular weight excluding hydrogens is 412 g/mol. The lowest BCUT2D eigenvalue weighted by atomic mass is 10.0. The molecule has 0 saturated carbocycles. The zero-order valence-corrected chi connectivity index (χ0v) is 17.6. The van der Waals surface area contributed by atoms with E-state index >= 15 is 0 Å². The minimum Gasteiger partial charge on any atom is -0.483 e. The minimum absolute atomic E-state index is 0.0459. The molecule has 6 heteroatoms. The van der Waals surface area contributed by atoms with Gasteiger partial charge in [-0.3, -0.25) is 10.1 Å². The number of hydrogen-bond donors (Lipinski definition) is 1. The molecule has 0 aliphatic carbocycles. The summed E-state index contributed by atoms with van der Waals surface area (Å²) in [5, 5.41) is 3.43. The minimum atomic E-state index is -0.211. The Morgan fingerprint density at radius 3 is 2.73 bits per heavy atom. The zero-order chi connectivity index (χ0) is 18.8. The quantitative estimate of drug-likeness (QED) is 0.552. The lowest BCUT2D eigenvalue weighted by molar-refractivity contribution is -0.118. The molecule has 3 aromatic rings. The van der Waals surface area contributed by atoms with Crippen molar-refractivity contribution < 1.29 is 9.53 Å². The van der Waals surface area contributed by atoms with Crippen LogP contribution < -0.4 is 10.1 Å². The van der Waals surface area contributed by atoms with Crippen molar-refractivity contribution in [3.05, 3.63) is 51.5 Å². The van der Waals surface area contributed by atoms with Crippen LogP contribution in [-0.4, -0.2) is 17.5 Å². The van der Waals surface area contributed by atoms with Crippen LogP contribution in [0.1, 0.15) is 36.5 Å². The predicted octanol–water partition coefficient (Wildman–Crippen LogP) is 5.82. The molecule has 0 fully saturated rings. The molecule has 136 valence electrons. The van der Waals surface area contributed by atoms with Gasteiger partial charge in [0, 0.05) is 4.47 Å². The number of para-hydroxylation sites is 1. The highest BCUT2D eigenvalue weighted by Gasteiger charge is 2.14. The van der Waals surface area contributed by atoms with Crippen molar-refractivity contribution in [1.82, 2.24) is 4.98 Å². The average Bonchev–Trinajstić information content (AvgIpc) is 2.99. The largest absolute Gasteiger partial charge is 0.483 e. The van der Waals surface area contributed by atoms with Crippen molar-refractivity contribution in [3.63, 3.8) is 0 Å². The Bertz CT molecular complexity index is 966. The molecule has 2 aromatic carbocycles. The molecular formula is C20H21BrN2O2S. The van der Waals surface area contributed by atoms with Gasteiger partial charge in [0.1, 0.15) is 5.75 Å².